The number of nitrogens with one attached hydrogen (secondary N) is 1. The van der Waals surface area contributed by atoms with Crippen LogP contribution in [0.25, 0.3) is 0 Å². The van der Waals surface area contributed by atoms with Crippen LogP contribution in [-0.4, -0.2) is 22.7 Å². The molecule has 0 saturated carbocycles. The summed E-state index contributed by atoms with van der Waals surface area (Å²) in [6.07, 6.45) is 0.805. The van der Waals surface area contributed by atoms with Crippen LogP contribution in [0.5, 0.6) is 5.75 Å². The standard InChI is InChI=1S/C15H18BrN3O2S/c1-4-14-18-19-15(22-14)17-13(20)8-21-12-6-5-10(9(2)3)7-11(12)16/h5-7,9H,4,8H2,1-3H3,(H,17,19,20). The maximum Gasteiger partial charge on any atom is 0.264 e. The molecule has 1 amide bonds. The molecule has 22 heavy (non-hydrogen) atoms. The average Bonchev–Trinajstić information content (AvgIpc) is 2.93. The molecule has 0 atom stereocenters. The number of nitrogens with zero attached hydrogens (tertiary/aromatic N) is 2. The zero-order valence-corrected chi connectivity index (χ0v) is 15.1. The van der Waals surface area contributed by atoms with Crippen molar-refractivity contribution in [2.75, 3.05) is 11.9 Å². The SMILES string of the molecule is CCc1nnc(NC(=O)COc2ccc(C(C)C)cc2Br)s1. The number of ether oxygens (including phenoxy) is 1. The van der Waals surface area contributed by atoms with E-state index in [1.54, 1.807) is 0 Å². The highest BCUT2D eigenvalue weighted by Crippen LogP contribution is 2.28. The van der Waals surface area contributed by atoms with Crippen LogP contribution in [0.1, 0.15) is 37.3 Å². The number of carbonyl (C=O) groups is 1. The number of carbonyl (C=O) groups excluding carboxylic acids is 1. The van der Waals surface area contributed by atoms with E-state index in [4.69, 9.17) is 4.74 Å². The van der Waals surface area contributed by atoms with Crippen LogP contribution in [0, 0.1) is 0 Å². The number of anilines is 1. The number of halogens is 1. The Hall–Kier alpha value is -1.47. The highest BCUT2D eigenvalue weighted by Gasteiger charge is 2.10. The van der Waals surface area contributed by atoms with Crippen molar-refractivity contribution in [2.24, 2.45) is 0 Å². The molecule has 7 heteroatoms. The fraction of sp³-hybridized carbons (Fsp3) is 0.400. The third kappa shape index (κ3) is 4.51. The molecule has 0 unspecified atom stereocenters. The molecule has 0 saturated heterocycles. The molecule has 118 valence electrons. The van der Waals surface area contributed by atoms with Gasteiger partial charge in [-0.25, -0.2) is 0 Å². The van der Waals surface area contributed by atoms with Crippen molar-refractivity contribution in [1.29, 1.82) is 0 Å². The van der Waals surface area contributed by atoms with Gasteiger partial charge in [-0.05, 0) is 46.0 Å². The van der Waals surface area contributed by atoms with Gasteiger partial charge < -0.3 is 4.74 Å². The van der Waals surface area contributed by atoms with E-state index >= 15 is 0 Å². The van der Waals surface area contributed by atoms with Crippen LogP contribution in [-0.2, 0) is 11.2 Å². The van der Waals surface area contributed by atoms with Crippen LogP contribution in [0.2, 0.25) is 0 Å². The lowest BCUT2D eigenvalue weighted by Crippen LogP contribution is -2.20. The minimum Gasteiger partial charge on any atom is -0.483 e. The van der Waals surface area contributed by atoms with Gasteiger partial charge in [0.2, 0.25) is 5.13 Å². The van der Waals surface area contributed by atoms with Gasteiger partial charge in [-0.2, -0.15) is 0 Å². The van der Waals surface area contributed by atoms with Crippen LogP contribution < -0.4 is 10.1 Å². The Morgan fingerprint density at radius 1 is 1.41 bits per heavy atom. The zero-order valence-electron chi connectivity index (χ0n) is 12.7. The van der Waals surface area contributed by atoms with Crippen molar-refractivity contribution >= 4 is 38.3 Å². The number of rotatable bonds is 6. The Morgan fingerprint density at radius 3 is 2.77 bits per heavy atom. The molecule has 1 N–H and O–H groups in total. The van der Waals surface area contributed by atoms with Crippen LogP contribution in [0.15, 0.2) is 22.7 Å². The van der Waals surface area contributed by atoms with Gasteiger partial charge in [0.25, 0.3) is 5.91 Å². The van der Waals surface area contributed by atoms with Gasteiger partial charge in [0.1, 0.15) is 10.8 Å². The number of aromatic nitrogens is 2. The summed E-state index contributed by atoms with van der Waals surface area (Å²) < 4.78 is 6.38. The minimum absolute atomic E-state index is 0.0688. The van der Waals surface area contributed by atoms with E-state index in [-0.39, 0.29) is 12.5 Å². The molecule has 0 fully saturated rings. The largest absolute Gasteiger partial charge is 0.483 e. The first-order chi connectivity index (χ1) is 10.5. The van der Waals surface area contributed by atoms with Gasteiger partial charge in [-0.3, -0.25) is 10.1 Å². The molecule has 0 radical (unpaired) electrons. The number of benzene rings is 1. The first kappa shape index (κ1) is 16.9. The first-order valence-corrected chi connectivity index (χ1v) is 8.65. The van der Waals surface area contributed by atoms with E-state index in [0.29, 0.717) is 16.8 Å². The fourth-order valence-electron chi connectivity index (χ4n) is 1.74. The van der Waals surface area contributed by atoms with Crippen molar-refractivity contribution in [2.45, 2.75) is 33.1 Å². The molecule has 1 aromatic carbocycles. The predicted molar refractivity (Wildman–Crippen MR) is 91.6 cm³/mol. The summed E-state index contributed by atoms with van der Waals surface area (Å²) in [7, 11) is 0. The van der Waals surface area contributed by atoms with E-state index < -0.39 is 0 Å². The normalized spacial score (nSPS) is 10.8. The minimum atomic E-state index is -0.251. The molecule has 0 aliphatic carbocycles. The van der Waals surface area contributed by atoms with E-state index in [2.05, 4.69) is 45.3 Å². The molecule has 0 aliphatic rings. The molecule has 0 bridgehead atoms. The number of amides is 1. The Bertz CT molecular complexity index is 658. The average molecular weight is 384 g/mol. The monoisotopic (exact) mass is 383 g/mol. The summed E-state index contributed by atoms with van der Waals surface area (Å²) in [5, 5.41) is 11.9. The van der Waals surface area contributed by atoms with E-state index in [9.17, 15) is 4.79 Å². The predicted octanol–water partition coefficient (Wildman–Crippen LogP) is 4.00. The summed E-state index contributed by atoms with van der Waals surface area (Å²) in [5.41, 5.74) is 1.21. The van der Waals surface area contributed by atoms with E-state index in [0.717, 1.165) is 15.9 Å². The molecule has 0 aliphatic heterocycles. The Morgan fingerprint density at radius 2 is 2.18 bits per heavy atom. The van der Waals surface area contributed by atoms with Crippen LogP contribution >= 0.6 is 27.3 Å². The lowest BCUT2D eigenvalue weighted by molar-refractivity contribution is -0.118. The molecular formula is C15H18BrN3O2S. The fourth-order valence-corrected chi connectivity index (χ4v) is 2.95. The highest BCUT2D eigenvalue weighted by molar-refractivity contribution is 9.10. The van der Waals surface area contributed by atoms with Crippen molar-refractivity contribution in [3.05, 3.63) is 33.2 Å². The lowest BCUT2D eigenvalue weighted by Gasteiger charge is -2.11. The zero-order chi connectivity index (χ0) is 16.1. The second-order valence-electron chi connectivity index (χ2n) is 5.04. The van der Waals surface area contributed by atoms with Crippen LogP contribution in [0.4, 0.5) is 5.13 Å². The molecule has 1 aromatic heterocycles. The number of hydrogen-bond donors (Lipinski definition) is 1. The van der Waals surface area contributed by atoms with Crippen molar-refractivity contribution < 1.29 is 9.53 Å². The molecule has 2 aromatic rings. The lowest BCUT2D eigenvalue weighted by atomic mass is 10.0. The number of aryl methyl sites for hydroxylation is 1. The van der Waals surface area contributed by atoms with Crippen molar-refractivity contribution in [3.8, 4) is 5.75 Å². The number of hydrogen-bond acceptors (Lipinski definition) is 5. The van der Waals surface area contributed by atoms with Gasteiger partial charge in [0.15, 0.2) is 6.61 Å². The summed E-state index contributed by atoms with van der Waals surface area (Å²) in [4.78, 5) is 11.9. The maximum absolute atomic E-state index is 11.9. The molecular weight excluding hydrogens is 366 g/mol. The second kappa shape index (κ2) is 7.69. The van der Waals surface area contributed by atoms with Crippen molar-refractivity contribution in [3.63, 3.8) is 0 Å². The van der Waals surface area contributed by atoms with Gasteiger partial charge in [-0.1, -0.05) is 38.2 Å². The highest BCUT2D eigenvalue weighted by atomic mass is 79.9. The molecule has 2 rings (SSSR count). The quantitative estimate of drug-likeness (QED) is 0.818. The molecule has 0 spiro atoms. The second-order valence-corrected chi connectivity index (χ2v) is 6.95. The summed E-state index contributed by atoms with van der Waals surface area (Å²) in [6.45, 7) is 6.18. The van der Waals surface area contributed by atoms with E-state index in [1.807, 2.05) is 25.1 Å². The molecule has 1 heterocycles. The van der Waals surface area contributed by atoms with E-state index in [1.165, 1.54) is 16.9 Å². The van der Waals surface area contributed by atoms with Gasteiger partial charge >= 0.3 is 0 Å². The summed E-state index contributed by atoms with van der Waals surface area (Å²) >= 11 is 4.84. The summed E-state index contributed by atoms with van der Waals surface area (Å²) in [5.74, 6) is 0.837. The Labute approximate surface area is 142 Å². The third-order valence-electron chi connectivity index (χ3n) is 3.00. The third-order valence-corrected chi connectivity index (χ3v) is 4.60. The van der Waals surface area contributed by atoms with Crippen LogP contribution in [0.3, 0.4) is 0 Å². The smallest absolute Gasteiger partial charge is 0.264 e. The van der Waals surface area contributed by atoms with Crippen molar-refractivity contribution in [1.82, 2.24) is 10.2 Å². The topological polar surface area (TPSA) is 64.1 Å². The Kier molecular flexibility index (Phi) is 5.90. The summed E-state index contributed by atoms with van der Waals surface area (Å²) in [6, 6.07) is 5.88. The van der Waals surface area contributed by atoms with Gasteiger partial charge in [0.05, 0.1) is 4.47 Å². The molecule has 5 nitrogen and oxygen atoms in total. The first-order valence-electron chi connectivity index (χ1n) is 7.04. The van der Waals surface area contributed by atoms with Gasteiger partial charge in [-0.15, -0.1) is 10.2 Å². The maximum atomic E-state index is 11.9. The Balaban J connectivity index is 1.90. The van der Waals surface area contributed by atoms with Gasteiger partial charge in [0, 0.05) is 0 Å².